The Morgan fingerprint density at radius 1 is 1.42 bits per heavy atom. The van der Waals surface area contributed by atoms with Crippen molar-refractivity contribution in [2.45, 2.75) is 32.0 Å². The van der Waals surface area contributed by atoms with Gasteiger partial charge in [-0.05, 0) is 5.56 Å². The molecule has 1 aromatic carbocycles. The van der Waals surface area contributed by atoms with Gasteiger partial charge in [0.25, 0.3) is 5.91 Å². The van der Waals surface area contributed by atoms with E-state index in [1.807, 2.05) is 30.3 Å². The van der Waals surface area contributed by atoms with E-state index in [0.29, 0.717) is 6.54 Å². The Kier molecular flexibility index (Phi) is 3.94. The second-order valence-electron chi connectivity index (χ2n) is 4.49. The summed E-state index contributed by atoms with van der Waals surface area (Å²) in [7, 11) is 0. The summed E-state index contributed by atoms with van der Waals surface area (Å²) >= 11 is 0. The normalized spacial score (nSPS) is 22.4. The second kappa shape index (κ2) is 5.65. The van der Waals surface area contributed by atoms with Crippen LogP contribution >= 0.6 is 0 Å². The van der Waals surface area contributed by atoms with Crippen molar-refractivity contribution < 1.29 is 19.1 Å². The Hall–Kier alpha value is -2.17. The fraction of sp³-hybridized carbons (Fsp3) is 0.357. The van der Waals surface area contributed by atoms with Crippen molar-refractivity contribution >= 4 is 18.2 Å². The minimum atomic E-state index is -0.837. The lowest BCUT2D eigenvalue weighted by Crippen LogP contribution is -2.35. The number of nitrogens with zero attached hydrogens (tertiary/aromatic N) is 1. The number of carbonyl (C=O) groups excluding carboxylic acids is 3. The van der Waals surface area contributed by atoms with Gasteiger partial charge in [-0.2, -0.15) is 0 Å². The smallest absolute Gasteiger partial charge is 0.303 e. The summed E-state index contributed by atoms with van der Waals surface area (Å²) in [4.78, 5) is 35.5. The summed E-state index contributed by atoms with van der Waals surface area (Å²) < 4.78 is 4.93. The Labute approximate surface area is 111 Å². The Balaban J connectivity index is 2.12. The van der Waals surface area contributed by atoms with Crippen LogP contribution in [0.15, 0.2) is 30.3 Å². The quantitative estimate of drug-likeness (QED) is 0.597. The third-order valence-corrected chi connectivity index (χ3v) is 3.08. The van der Waals surface area contributed by atoms with E-state index in [0.717, 1.165) is 11.8 Å². The molecule has 2 rings (SSSR count). The first-order valence-electron chi connectivity index (χ1n) is 6.08. The van der Waals surface area contributed by atoms with Crippen LogP contribution in [0, 0.1) is 0 Å². The third kappa shape index (κ3) is 2.99. The van der Waals surface area contributed by atoms with Gasteiger partial charge in [0, 0.05) is 19.9 Å². The fourth-order valence-electron chi connectivity index (χ4n) is 2.20. The molecule has 1 heterocycles. The largest absolute Gasteiger partial charge is 0.452 e. The first kappa shape index (κ1) is 13.3. The summed E-state index contributed by atoms with van der Waals surface area (Å²) in [6, 6.07) is 8.86. The van der Waals surface area contributed by atoms with Gasteiger partial charge in [0.05, 0.1) is 6.04 Å². The first-order chi connectivity index (χ1) is 9.11. The molecule has 1 aromatic rings. The average Bonchev–Trinajstić information content (AvgIpc) is 2.68. The van der Waals surface area contributed by atoms with E-state index >= 15 is 0 Å². The van der Waals surface area contributed by atoms with Gasteiger partial charge in [-0.25, -0.2) is 0 Å². The lowest BCUT2D eigenvalue weighted by atomic mass is 10.2. The van der Waals surface area contributed by atoms with Crippen LogP contribution in [0.5, 0.6) is 0 Å². The molecule has 1 amide bonds. The molecule has 0 aliphatic carbocycles. The maximum absolute atomic E-state index is 12.1. The van der Waals surface area contributed by atoms with E-state index in [2.05, 4.69) is 0 Å². The van der Waals surface area contributed by atoms with Crippen LogP contribution < -0.4 is 0 Å². The molecule has 5 heteroatoms. The highest BCUT2D eigenvalue weighted by Gasteiger charge is 2.41. The lowest BCUT2D eigenvalue weighted by molar-refractivity contribution is -0.154. The molecular formula is C14H15NO4. The molecule has 100 valence electrons. The number of amides is 1. The van der Waals surface area contributed by atoms with Crippen molar-refractivity contribution in [1.29, 1.82) is 0 Å². The van der Waals surface area contributed by atoms with Crippen LogP contribution in [0.3, 0.4) is 0 Å². The number of aldehydes is 1. The van der Waals surface area contributed by atoms with Crippen molar-refractivity contribution in [3.8, 4) is 0 Å². The number of hydrogen-bond donors (Lipinski definition) is 0. The predicted octanol–water partition coefficient (Wildman–Crippen LogP) is 0.918. The van der Waals surface area contributed by atoms with Crippen LogP contribution in [0.4, 0.5) is 0 Å². The van der Waals surface area contributed by atoms with E-state index < -0.39 is 18.1 Å². The maximum atomic E-state index is 12.1. The SMILES string of the molecule is CC(=O)O[C@@H]1C[C@H](C=O)N(Cc2ccccc2)C1=O. The molecule has 1 fully saturated rings. The van der Waals surface area contributed by atoms with Crippen molar-refractivity contribution in [3.63, 3.8) is 0 Å². The molecule has 1 aliphatic heterocycles. The summed E-state index contributed by atoms with van der Waals surface area (Å²) in [6.45, 7) is 1.60. The molecule has 0 N–H and O–H groups in total. The monoisotopic (exact) mass is 261 g/mol. The highest BCUT2D eigenvalue weighted by Crippen LogP contribution is 2.23. The summed E-state index contributed by atoms with van der Waals surface area (Å²) in [5.41, 5.74) is 0.936. The second-order valence-corrected chi connectivity index (χ2v) is 4.49. The van der Waals surface area contributed by atoms with E-state index in [4.69, 9.17) is 4.74 Å². The van der Waals surface area contributed by atoms with Gasteiger partial charge < -0.3 is 14.4 Å². The van der Waals surface area contributed by atoms with Gasteiger partial charge >= 0.3 is 5.97 Å². The van der Waals surface area contributed by atoms with Gasteiger partial charge in [0.2, 0.25) is 0 Å². The molecule has 0 unspecified atom stereocenters. The van der Waals surface area contributed by atoms with E-state index in [-0.39, 0.29) is 12.3 Å². The Morgan fingerprint density at radius 3 is 2.68 bits per heavy atom. The van der Waals surface area contributed by atoms with Crippen LogP contribution in [-0.2, 0) is 25.7 Å². The molecule has 0 saturated carbocycles. The molecule has 0 radical (unpaired) electrons. The van der Waals surface area contributed by atoms with Crippen molar-refractivity contribution in [1.82, 2.24) is 4.90 Å². The minimum Gasteiger partial charge on any atom is -0.452 e. The van der Waals surface area contributed by atoms with Crippen LogP contribution in [0.2, 0.25) is 0 Å². The van der Waals surface area contributed by atoms with Crippen LogP contribution in [-0.4, -0.2) is 35.2 Å². The maximum Gasteiger partial charge on any atom is 0.303 e. The van der Waals surface area contributed by atoms with Crippen molar-refractivity contribution in [3.05, 3.63) is 35.9 Å². The Morgan fingerprint density at radius 2 is 2.11 bits per heavy atom. The Bertz CT molecular complexity index is 485. The lowest BCUT2D eigenvalue weighted by Gasteiger charge is -2.20. The minimum absolute atomic E-state index is 0.231. The first-order valence-corrected chi connectivity index (χ1v) is 6.08. The number of esters is 1. The molecule has 0 bridgehead atoms. The summed E-state index contributed by atoms with van der Waals surface area (Å²) in [5.74, 6) is -0.819. The number of carbonyl (C=O) groups is 3. The predicted molar refractivity (Wildman–Crippen MR) is 67.0 cm³/mol. The number of likely N-dealkylation sites (tertiary alicyclic amines) is 1. The van der Waals surface area contributed by atoms with E-state index in [1.54, 1.807) is 0 Å². The van der Waals surface area contributed by atoms with Gasteiger partial charge in [-0.3, -0.25) is 9.59 Å². The number of ether oxygens (including phenoxy) is 1. The van der Waals surface area contributed by atoms with Gasteiger partial charge in [0.15, 0.2) is 6.10 Å². The van der Waals surface area contributed by atoms with Crippen LogP contribution in [0.25, 0.3) is 0 Å². The average molecular weight is 261 g/mol. The molecule has 5 nitrogen and oxygen atoms in total. The standard InChI is InChI=1S/C14H15NO4/c1-10(17)19-13-7-12(9-16)15(14(13)18)8-11-5-3-2-4-6-11/h2-6,9,12-13H,7-8H2,1H3/t12-,13-/m1/s1. The van der Waals surface area contributed by atoms with Gasteiger partial charge in [-0.15, -0.1) is 0 Å². The molecule has 0 spiro atoms. The topological polar surface area (TPSA) is 63.7 Å². The molecule has 1 saturated heterocycles. The zero-order chi connectivity index (χ0) is 13.8. The summed E-state index contributed by atoms with van der Waals surface area (Å²) in [5, 5.41) is 0. The highest BCUT2D eigenvalue weighted by atomic mass is 16.5. The molecule has 19 heavy (non-hydrogen) atoms. The molecule has 1 aliphatic rings. The summed E-state index contributed by atoms with van der Waals surface area (Å²) in [6.07, 6.45) is 0.121. The van der Waals surface area contributed by atoms with E-state index in [9.17, 15) is 14.4 Å². The fourth-order valence-corrected chi connectivity index (χ4v) is 2.20. The highest BCUT2D eigenvalue weighted by molar-refractivity contribution is 5.89. The third-order valence-electron chi connectivity index (χ3n) is 3.08. The number of benzene rings is 1. The zero-order valence-electron chi connectivity index (χ0n) is 10.6. The zero-order valence-corrected chi connectivity index (χ0v) is 10.6. The van der Waals surface area contributed by atoms with E-state index in [1.165, 1.54) is 11.8 Å². The molecular weight excluding hydrogens is 246 g/mol. The molecule has 0 aromatic heterocycles. The van der Waals surface area contributed by atoms with Crippen molar-refractivity contribution in [2.75, 3.05) is 0 Å². The number of hydrogen-bond acceptors (Lipinski definition) is 4. The van der Waals surface area contributed by atoms with Gasteiger partial charge in [-0.1, -0.05) is 30.3 Å². The van der Waals surface area contributed by atoms with Gasteiger partial charge in [0.1, 0.15) is 6.29 Å². The van der Waals surface area contributed by atoms with Crippen molar-refractivity contribution in [2.24, 2.45) is 0 Å². The molecule has 2 atom stereocenters. The van der Waals surface area contributed by atoms with Crippen LogP contribution in [0.1, 0.15) is 18.9 Å². The number of rotatable bonds is 4.